The molecule has 2 unspecified atom stereocenters. The summed E-state index contributed by atoms with van der Waals surface area (Å²) in [5.41, 5.74) is 2.34. The number of aryl methyl sites for hydroxylation is 1. The number of hydrogen-bond acceptors (Lipinski definition) is 3. The predicted molar refractivity (Wildman–Crippen MR) is 62.4 cm³/mol. The Balaban J connectivity index is 1.96. The summed E-state index contributed by atoms with van der Waals surface area (Å²) >= 11 is 0. The van der Waals surface area contributed by atoms with Gasteiger partial charge in [-0.1, -0.05) is 13.0 Å². The molecule has 3 nitrogen and oxygen atoms in total. The molecule has 88 valence electrons. The molecule has 0 bridgehead atoms. The van der Waals surface area contributed by atoms with Crippen LogP contribution < -0.4 is 0 Å². The summed E-state index contributed by atoms with van der Waals surface area (Å²) in [4.78, 5) is 4.37. The second kappa shape index (κ2) is 5.41. The molecule has 0 saturated heterocycles. The largest absolute Gasteiger partial charge is 0.390 e. The minimum absolute atomic E-state index is 0.160. The molecule has 1 aliphatic carbocycles. The average Bonchev–Trinajstić information content (AvgIpc) is 2.73. The molecule has 1 aliphatic rings. The highest BCUT2D eigenvalue weighted by Gasteiger charge is 2.29. The van der Waals surface area contributed by atoms with E-state index in [1.54, 1.807) is 6.20 Å². The lowest BCUT2D eigenvalue weighted by atomic mass is 10.0. The van der Waals surface area contributed by atoms with Crippen molar-refractivity contribution in [2.24, 2.45) is 0 Å². The number of pyridine rings is 1. The van der Waals surface area contributed by atoms with Gasteiger partial charge in [0, 0.05) is 24.4 Å². The van der Waals surface area contributed by atoms with E-state index in [0.717, 1.165) is 31.6 Å². The Bertz CT molecular complexity index is 340. The zero-order valence-electron chi connectivity index (χ0n) is 9.72. The number of ether oxygens (including phenoxy) is 1. The summed E-state index contributed by atoms with van der Waals surface area (Å²) in [5.74, 6) is 0.160. The van der Waals surface area contributed by atoms with Crippen molar-refractivity contribution in [3.05, 3.63) is 29.6 Å². The summed E-state index contributed by atoms with van der Waals surface area (Å²) in [7, 11) is 0. The van der Waals surface area contributed by atoms with Crippen molar-refractivity contribution >= 4 is 0 Å². The van der Waals surface area contributed by atoms with Crippen molar-refractivity contribution in [2.75, 3.05) is 13.2 Å². The maximum Gasteiger partial charge on any atom is 0.0857 e. The van der Waals surface area contributed by atoms with Crippen LogP contribution in [-0.2, 0) is 11.2 Å². The van der Waals surface area contributed by atoms with Crippen molar-refractivity contribution < 1.29 is 9.84 Å². The van der Waals surface area contributed by atoms with Gasteiger partial charge in [0.1, 0.15) is 0 Å². The standard InChI is InChI=1S/C13H19NO2/c1-2-8-16-9-12(15)11-6-5-10-4-3-7-14-13(10)11/h3-4,7,11-12,15H,2,5-6,8-9H2,1H3. The number of aliphatic hydroxyl groups excluding tert-OH is 1. The highest BCUT2D eigenvalue weighted by molar-refractivity contribution is 5.29. The Hall–Kier alpha value is -0.930. The van der Waals surface area contributed by atoms with E-state index in [2.05, 4.69) is 18.0 Å². The van der Waals surface area contributed by atoms with Crippen LogP contribution in [0.3, 0.4) is 0 Å². The van der Waals surface area contributed by atoms with Gasteiger partial charge in [0.25, 0.3) is 0 Å². The summed E-state index contributed by atoms with van der Waals surface area (Å²) < 4.78 is 5.39. The second-order valence-corrected chi connectivity index (χ2v) is 4.34. The fourth-order valence-electron chi connectivity index (χ4n) is 2.28. The zero-order chi connectivity index (χ0) is 11.4. The van der Waals surface area contributed by atoms with Crippen LogP contribution >= 0.6 is 0 Å². The topological polar surface area (TPSA) is 42.4 Å². The Labute approximate surface area is 96.5 Å². The van der Waals surface area contributed by atoms with Crippen molar-refractivity contribution in [2.45, 2.75) is 38.2 Å². The van der Waals surface area contributed by atoms with E-state index in [9.17, 15) is 5.11 Å². The van der Waals surface area contributed by atoms with Gasteiger partial charge in [0.2, 0.25) is 0 Å². The molecular weight excluding hydrogens is 202 g/mol. The van der Waals surface area contributed by atoms with E-state index in [4.69, 9.17) is 4.74 Å². The van der Waals surface area contributed by atoms with E-state index in [-0.39, 0.29) is 5.92 Å². The van der Waals surface area contributed by atoms with Crippen LogP contribution in [0, 0.1) is 0 Å². The number of hydrogen-bond donors (Lipinski definition) is 1. The summed E-state index contributed by atoms with van der Waals surface area (Å²) in [6, 6.07) is 4.06. The molecule has 16 heavy (non-hydrogen) atoms. The fourth-order valence-corrected chi connectivity index (χ4v) is 2.28. The lowest BCUT2D eigenvalue weighted by Crippen LogP contribution is -2.23. The lowest BCUT2D eigenvalue weighted by molar-refractivity contribution is 0.0221. The molecule has 1 N–H and O–H groups in total. The third-order valence-corrected chi connectivity index (χ3v) is 3.10. The monoisotopic (exact) mass is 221 g/mol. The molecule has 1 aromatic heterocycles. The van der Waals surface area contributed by atoms with Crippen molar-refractivity contribution in [1.29, 1.82) is 0 Å². The van der Waals surface area contributed by atoms with Gasteiger partial charge in [-0.2, -0.15) is 0 Å². The zero-order valence-corrected chi connectivity index (χ0v) is 9.72. The third kappa shape index (κ3) is 2.42. The molecule has 0 saturated carbocycles. The molecule has 0 amide bonds. The first-order chi connectivity index (χ1) is 7.83. The average molecular weight is 221 g/mol. The number of fused-ring (bicyclic) bond motifs is 1. The first-order valence-electron chi connectivity index (χ1n) is 6.02. The SMILES string of the molecule is CCCOCC(O)C1CCc2cccnc21. The first kappa shape index (κ1) is 11.6. The van der Waals surface area contributed by atoms with Crippen LogP contribution in [0.5, 0.6) is 0 Å². The number of aliphatic hydroxyl groups is 1. The lowest BCUT2D eigenvalue weighted by Gasteiger charge is -2.18. The van der Waals surface area contributed by atoms with Crippen LogP contribution in [0.4, 0.5) is 0 Å². The molecule has 2 atom stereocenters. The van der Waals surface area contributed by atoms with Crippen LogP contribution in [0.1, 0.15) is 36.9 Å². The van der Waals surface area contributed by atoms with E-state index in [1.165, 1.54) is 5.56 Å². The summed E-state index contributed by atoms with van der Waals surface area (Å²) in [5, 5.41) is 10.1. The van der Waals surface area contributed by atoms with Gasteiger partial charge in [-0.3, -0.25) is 4.98 Å². The molecule has 3 heteroatoms. The molecular formula is C13H19NO2. The quantitative estimate of drug-likeness (QED) is 0.772. The van der Waals surface area contributed by atoms with E-state index >= 15 is 0 Å². The summed E-state index contributed by atoms with van der Waals surface area (Å²) in [6.45, 7) is 3.21. The smallest absolute Gasteiger partial charge is 0.0857 e. The van der Waals surface area contributed by atoms with Gasteiger partial charge in [0.05, 0.1) is 12.7 Å². The van der Waals surface area contributed by atoms with Crippen molar-refractivity contribution in [1.82, 2.24) is 4.98 Å². The highest BCUT2D eigenvalue weighted by atomic mass is 16.5. The van der Waals surface area contributed by atoms with Gasteiger partial charge < -0.3 is 9.84 Å². The van der Waals surface area contributed by atoms with Crippen LogP contribution in [0.25, 0.3) is 0 Å². The summed E-state index contributed by atoms with van der Waals surface area (Å²) in [6.07, 6.45) is 4.40. The van der Waals surface area contributed by atoms with Crippen molar-refractivity contribution in [3.63, 3.8) is 0 Å². The number of rotatable bonds is 5. The predicted octanol–water partition coefficient (Wildman–Crippen LogP) is 1.90. The van der Waals surface area contributed by atoms with Crippen LogP contribution in [-0.4, -0.2) is 29.4 Å². The van der Waals surface area contributed by atoms with Gasteiger partial charge in [-0.15, -0.1) is 0 Å². The molecule has 0 fully saturated rings. The fraction of sp³-hybridized carbons (Fsp3) is 0.615. The van der Waals surface area contributed by atoms with Crippen molar-refractivity contribution in [3.8, 4) is 0 Å². The van der Waals surface area contributed by atoms with Gasteiger partial charge in [-0.25, -0.2) is 0 Å². The highest BCUT2D eigenvalue weighted by Crippen LogP contribution is 2.33. The third-order valence-electron chi connectivity index (χ3n) is 3.10. The number of aromatic nitrogens is 1. The molecule has 1 aromatic rings. The second-order valence-electron chi connectivity index (χ2n) is 4.34. The van der Waals surface area contributed by atoms with E-state index in [1.807, 2.05) is 6.07 Å². The maximum atomic E-state index is 10.1. The van der Waals surface area contributed by atoms with Crippen LogP contribution in [0.2, 0.25) is 0 Å². The normalized spacial score (nSPS) is 20.8. The molecule has 0 aromatic carbocycles. The Morgan fingerprint density at radius 2 is 2.50 bits per heavy atom. The molecule has 0 radical (unpaired) electrons. The molecule has 2 rings (SSSR count). The molecule has 1 heterocycles. The molecule has 0 spiro atoms. The van der Waals surface area contributed by atoms with E-state index in [0.29, 0.717) is 6.61 Å². The Morgan fingerprint density at radius 3 is 3.31 bits per heavy atom. The van der Waals surface area contributed by atoms with Crippen LogP contribution in [0.15, 0.2) is 18.3 Å². The Kier molecular flexibility index (Phi) is 3.91. The minimum Gasteiger partial charge on any atom is -0.390 e. The van der Waals surface area contributed by atoms with Gasteiger partial charge in [0.15, 0.2) is 0 Å². The Morgan fingerprint density at radius 1 is 1.62 bits per heavy atom. The first-order valence-corrected chi connectivity index (χ1v) is 6.02. The van der Waals surface area contributed by atoms with E-state index < -0.39 is 6.10 Å². The minimum atomic E-state index is -0.414. The van der Waals surface area contributed by atoms with Gasteiger partial charge >= 0.3 is 0 Å². The van der Waals surface area contributed by atoms with Gasteiger partial charge in [-0.05, 0) is 30.9 Å². The number of nitrogens with zero attached hydrogens (tertiary/aromatic N) is 1. The molecule has 0 aliphatic heterocycles. The maximum absolute atomic E-state index is 10.1.